The van der Waals surface area contributed by atoms with Gasteiger partial charge in [0.15, 0.2) is 0 Å². The van der Waals surface area contributed by atoms with Crippen molar-refractivity contribution in [1.29, 1.82) is 0 Å². The zero-order chi connectivity index (χ0) is 13.7. The maximum absolute atomic E-state index is 11.7. The number of rotatable bonds is 3. The Labute approximate surface area is 122 Å². The number of nitrogens with one attached hydrogen (secondary N) is 1. The maximum atomic E-state index is 11.7. The summed E-state index contributed by atoms with van der Waals surface area (Å²) in [6.07, 6.45) is 0. The van der Waals surface area contributed by atoms with Crippen molar-refractivity contribution in [3.8, 4) is 0 Å². The molecule has 1 aromatic rings. The van der Waals surface area contributed by atoms with Crippen LogP contribution in [0, 0.1) is 6.92 Å². The molecule has 0 aliphatic rings. The summed E-state index contributed by atoms with van der Waals surface area (Å²) >= 11 is 12.4. The fourth-order valence-corrected chi connectivity index (χ4v) is 2.12. The smallest absolute Gasteiger partial charge is 0.234 e. The molecule has 3 nitrogen and oxygen atoms in total. The Kier molecular flexibility index (Phi) is 5.91. The van der Waals surface area contributed by atoms with E-state index in [9.17, 15) is 4.79 Å². The summed E-state index contributed by atoms with van der Waals surface area (Å²) in [6.45, 7) is 1.87. The lowest BCUT2D eigenvalue weighted by Gasteiger charge is -2.13. The molecular formula is C12H15ClN2OS2. The van der Waals surface area contributed by atoms with E-state index < -0.39 is 0 Å². The zero-order valence-electron chi connectivity index (χ0n) is 10.5. The van der Waals surface area contributed by atoms with E-state index in [1.54, 1.807) is 11.0 Å². The quantitative estimate of drug-likeness (QED) is 0.869. The average Bonchev–Trinajstić information content (AvgIpc) is 2.32. The summed E-state index contributed by atoms with van der Waals surface area (Å²) in [4.78, 5) is 13.6. The van der Waals surface area contributed by atoms with Gasteiger partial charge in [0.2, 0.25) is 5.91 Å². The highest BCUT2D eigenvalue weighted by atomic mass is 35.5. The number of thioether (sulfide) groups is 1. The number of hydrogen-bond acceptors (Lipinski definition) is 3. The predicted molar refractivity (Wildman–Crippen MR) is 83.6 cm³/mol. The van der Waals surface area contributed by atoms with E-state index in [1.165, 1.54) is 11.8 Å². The largest absolute Gasteiger partial charge is 0.364 e. The second-order valence-corrected chi connectivity index (χ2v) is 5.93. The van der Waals surface area contributed by atoms with E-state index in [0.717, 1.165) is 11.3 Å². The minimum atomic E-state index is -0.0884. The van der Waals surface area contributed by atoms with Gasteiger partial charge in [-0.05, 0) is 24.6 Å². The number of thiocarbonyl (C=S) groups is 1. The summed E-state index contributed by atoms with van der Waals surface area (Å²) < 4.78 is 0.688. The van der Waals surface area contributed by atoms with Gasteiger partial charge in [-0.2, -0.15) is 0 Å². The molecule has 0 saturated carbocycles. The minimum Gasteiger partial charge on any atom is -0.364 e. The molecule has 0 aliphatic heterocycles. The van der Waals surface area contributed by atoms with Crippen molar-refractivity contribution in [1.82, 2.24) is 4.90 Å². The molecule has 1 N–H and O–H groups in total. The summed E-state index contributed by atoms with van der Waals surface area (Å²) in [5.41, 5.74) is 1.61. The van der Waals surface area contributed by atoms with Crippen LogP contribution in [0.4, 0.5) is 5.69 Å². The molecule has 6 heteroatoms. The molecule has 0 bridgehead atoms. The third-order valence-electron chi connectivity index (χ3n) is 2.23. The highest BCUT2D eigenvalue weighted by Crippen LogP contribution is 2.23. The summed E-state index contributed by atoms with van der Waals surface area (Å²) in [5, 5.41) is 3.47. The van der Waals surface area contributed by atoms with Gasteiger partial charge in [-0.3, -0.25) is 4.79 Å². The van der Waals surface area contributed by atoms with Crippen LogP contribution in [0.3, 0.4) is 0 Å². The van der Waals surface area contributed by atoms with Crippen LogP contribution in [0.5, 0.6) is 0 Å². The van der Waals surface area contributed by atoms with Crippen LogP contribution in [0.2, 0.25) is 5.02 Å². The van der Waals surface area contributed by atoms with Crippen LogP contribution in [0.15, 0.2) is 18.2 Å². The van der Waals surface area contributed by atoms with Gasteiger partial charge in [-0.1, -0.05) is 41.6 Å². The van der Waals surface area contributed by atoms with Crippen molar-refractivity contribution in [2.24, 2.45) is 0 Å². The molecular weight excluding hydrogens is 288 g/mol. The summed E-state index contributed by atoms with van der Waals surface area (Å²) in [6, 6.07) is 5.43. The fraction of sp³-hybridized carbons (Fsp3) is 0.333. The van der Waals surface area contributed by atoms with Gasteiger partial charge in [0, 0.05) is 24.8 Å². The van der Waals surface area contributed by atoms with E-state index in [1.807, 2.05) is 33.2 Å². The van der Waals surface area contributed by atoms with Crippen molar-refractivity contribution < 1.29 is 4.79 Å². The molecule has 0 fully saturated rings. The number of benzene rings is 1. The van der Waals surface area contributed by atoms with Crippen LogP contribution >= 0.6 is 35.6 Å². The normalized spacial score (nSPS) is 10.0. The highest BCUT2D eigenvalue weighted by molar-refractivity contribution is 8.23. The minimum absolute atomic E-state index is 0.0884. The van der Waals surface area contributed by atoms with Gasteiger partial charge in [-0.25, -0.2) is 0 Å². The van der Waals surface area contributed by atoms with Gasteiger partial charge in [0.05, 0.1) is 5.75 Å². The molecule has 0 saturated heterocycles. The van der Waals surface area contributed by atoms with Crippen LogP contribution < -0.4 is 5.32 Å². The van der Waals surface area contributed by atoms with Crippen molar-refractivity contribution in [3.63, 3.8) is 0 Å². The monoisotopic (exact) mass is 302 g/mol. The maximum Gasteiger partial charge on any atom is 0.234 e. The van der Waals surface area contributed by atoms with E-state index in [2.05, 4.69) is 5.32 Å². The van der Waals surface area contributed by atoms with Crippen molar-refractivity contribution in [2.75, 3.05) is 25.2 Å². The zero-order valence-corrected chi connectivity index (χ0v) is 12.9. The van der Waals surface area contributed by atoms with Gasteiger partial charge in [0.1, 0.15) is 4.32 Å². The Morgan fingerprint density at radius 1 is 1.50 bits per heavy atom. The number of amides is 1. The second-order valence-electron chi connectivity index (χ2n) is 3.91. The molecule has 18 heavy (non-hydrogen) atoms. The number of hydrogen-bond donors (Lipinski definition) is 1. The first kappa shape index (κ1) is 15.3. The Morgan fingerprint density at radius 2 is 2.17 bits per heavy atom. The van der Waals surface area contributed by atoms with Crippen molar-refractivity contribution in [3.05, 3.63) is 28.8 Å². The molecule has 0 heterocycles. The van der Waals surface area contributed by atoms with Crippen LogP contribution in [0.1, 0.15) is 5.56 Å². The molecule has 0 aliphatic carbocycles. The van der Waals surface area contributed by atoms with E-state index in [0.29, 0.717) is 15.1 Å². The number of halogens is 1. The second kappa shape index (κ2) is 6.97. The first-order valence-electron chi connectivity index (χ1n) is 5.31. The molecule has 1 aromatic carbocycles. The van der Waals surface area contributed by atoms with E-state index >= 15 is 0 Å². The first-order valence-corrected chi connectivity index (χ1v) is 7.08. The standard InChI is InChI=1S/C12H15ClN2OS2/c1-8-9(13)5-4-6-10(8)14-11(16)7-18-12(17)15(2)3/h4-6H,7H2,1-3H3,(H,14,16). The summed E-state index contributed by atoms with van der Waals surface area (Å²) in [7, 11) is 3.71. The predicted octanol–water partition coefficient (Wildman–Crippen LogP) is 3.17. The third-order valence-corrected chi connectivity index (χ3v) is 4.38. The average molecular weight is 303 g/mol. The molecule has 0 spiro atoms. The van der Waals surface area contributed by atoms with Gasteiger partial charge in [-0.15, -0.1) is 0 Å². The van der Waals surface area contributed by atoms with Crippen molar-refractivity contribution >= 4 is 51.5 Å². The molecule has 0 aromatic heterocycles. The lowest BCUT2D eigenvalue weighted by molar-refractivity contribution is -0.113. The fourth-order valence-electron chi connectivity index (χ4n) is 1.19. The number of carbonyl (C=O) groups is 1. The van der Waals surface area contributed by atoms with E-state index in [4.69, 9.17) is 23.8 Å². The Hall–Kier alpha value is -0.780. The first-order chi connectivity index (χ1) is 8.41. The highest BCUT2D eigenvalue weighted by Gasteiger charge is 2.08. The number of nitrogens with zero attached hydrogens (tertiary/aromatic N) is 1. The molecule has 0 radical (unpaired) electrons. The molecule has 1 rings (SSSR count). The Bertz CT molecular complexity index is 463. The lowest BCUT2D eigenvalue weighted by Crippen LogP contribution is -2.21. The van der Waals surface area contributed by atoms with Crippen molar-refractivity contribution in [2.45, 2.75) is 6.92 Å². The number of anilines is 1. The van der Waals surface area contributed by atoms with Crippen LogP contribution in [-0.4, -0.2) is 35.0 Å². The van der Waals surface area contributed by atoms with E-state index in [-0.39, 0.29) is 5.91 Å². The van der Waals surface area contributed by atoms with Crippen LogP contribution in [0.25, 0.3) is 0 Å². The lowest BCUT2D eigenvalue weighted by atomic mass is 10.2. The summed E-state index contributed by atoms with van der Waals surface area (Å²) in [5.74, 6) is 0.206. The third kappa shape index (κ3) is 4.48. The SMILES string of the molecule is Cc1c(Cl)cccc1NC(=O)CSC(=S)N(C)C. The van der Waals surface area contributed by atoms with Gasteiger partial charge in [0.25, 0.3) is 0 Å². The Balaban J connectivity index is 2.55. The number of carbonyl (C=O) groups excluding carboxylic acids is 1. The molecule has 0 atom stereocenters. The van der Waals surface area contributed by atoms with Crippen LogP contribution in [-0.2, 0) is 4.79 Å². The molecule has 0 unspecified atom stereocenters. The molecule has 1 amide bonds. The van der Waals surface area contributed by atoms with Gasteiger partial charge >= 0.3 is 0 Å². The Morgan fingerprint density at radius 3 is 2.78 bits per heavy atom. The van der Waals surface area contributed by atoms with Gasteiger partial charge < -0.3 is 10.2 Å². The molecule has 98 valence electrons. The topological polar surface area (TPSA) is 32.3 Å².